The Labute approximate surface area is 104 Å². The van der Waals surface area contributed by atoms with E-state index in [4.69, 9.17) is 0 Å². The van der Waals surface area contributed by atoms with Crippen LogP contribution in [-0.4, -0.2) is 40.6 Å². The monoisotopic (exact) mass is 255 g/mol. The number of thiol groups is 1. The molecule has 1 amide bonds. The van der Waals surface area contributed by atoms with Crippen molar-refractivity contribution in [3.63, 3.8) is 0 Å². The number of anilines is 1. The van der Waals surface area contributed by atoms with Crippen LogP contribution in [0.3, 0.4) is 0 Å². The Balaban J connectivity index is 2.41. The summed E-state index contributed by atoms with van der Waals surface area (Å²) < 4.78 is 6.16. The Morgan fingerprint density at radius 1 is 1.65 bits per heavy atom. The number of rotatable bonds is 2. The van der Waals surface area contributed by atoms with Crippen molar-refractivity contribution in [2.45, 2.75) is 11.7 Å². The number of methoxy groups -OCH3 is 1. The van der Waals surface area contributed by atoms with Gasteiger partial charge in [0.05, 0.1) is 13.3 Å². The summed E-state index contributed by atoms with van der Waals surface area (Å²) in [6.45, 7) is 0.478. The van der Waals surface area contributed by atoms with Gasteiger partial charge in [0, 0.05) is 25.3 Å². The number of ether oxygens (including phenoxy) is 1. The topological polar surface area (TPSA) is 64.4 Å². The fraction of sp³-hybridized carbons (Fsp3) is 0.500. The maximum absolute atomic E-state index is 11.8. The number of amides is 1. The third-order valence-corrected chi connectivity index (χ3v) is 3.02. The summed E-state index contributed by atoms with van der Waals surface area (Å²) >= 11 is 4.28. The molecule has 1 aliphatic heterocycles. The van der Waals surface area contributed by atoms with Crippen molar-refractivity contribution in [1.29, 1.82) is 0 Å². The van der Waals surface area contributed by atoms with Gasteiger partial charge in [-0.05, 0) is 0 Å². The van der Waals surface area contributed by atoms with Crippen LogP contribution in [-0.2, 0) is 16.6 Å². The molecule has 0 bridgehead atoms. The molecule has 7 heteroatoms. The van der Waals surface area contributed by atoms with E-state index in [1.807, 2.05) is 0 Å². The van der Waals surface area contributed by atoms with Gasteiger partial charge < -0.3 is 4.74 Å². The van der Waals surface area contributed by atoms with Crippen LogP contribution in [0.25, 0.3) is 0 Å². The maximum atomic E-state index is 11.8. The van der Waals surface area contributed by atoms with E-state index >= 15 is 0 Å². The number of nitrogens with zero attached hydrogens (tertiary/aromatic N) is 3. The number of hydrogen-bond donors (Lipinski definition) is 1. The molecule has 1 aromatic rings. The molecule has 1 aliphatic rings. The van der Waals surface area contributed by atoms with Crippen LogP contribution in [0.5, 0.6) is 0 Å². The van der Waals surface area contributed by atoms with Crippen molar-refractivity contribution in [1.82, 2.24) is 9.78 Å². The van der Waals surface area contributed by atoms with E-state index in [-0.39, 0.29) is 11.2 Å². The SMILES string of the molecule is COC(=O)c1cnn(C)c1N1CC(S)CC1=O. The molecule has 92 valence electrons. The highest BCUT2D eigenvalue weighted by molar-refractivity contribution is 7.81. The molecular formula is C10H13N3O3S. The fourth-order valence-corrected chi connectivity index (χ4v) is 2.22. The van der Waals surface area contributed by atoms with Crippen LogP contribution in [0.2, 0.25) is 0 Å². The van der Waals surface area contributed by atoms with Crippen LogP contribution in [0.15, 0.2) is 6.20 Å². The maximum Gasteiger partial charge on any atom is 0.343 e. The molecule has 6 nitrogen and oxygen atoms in total. The minimum absolute atomic E-state index is 0.0112. The van der Waals surface area contributed by atoms with Gasteiger partial charge in [0.1, 0.15) is 11.4 Å². The quantitative estimate of drug-likeness (QED) is 0.607. The van der Waals surface area contributed by atoms with Gasteiger partial charge in [-0.1, -0.05) is 0 Å². The summed E-state index contributed by atoms with van der Waals surface area (Å²) in [5.41, 5.74) is 0.297. The lowest BCUT2D eigenvalue weighted by Crippen LogP contribution is -2.28. The van der Waals surface area contributed by atoms with Crippen LogP contribution in [0.4, 0.5) is 5.82 Å². The summed E-state index contributed by atoms with van der Waals surface area (Å²) in [5.74, 6) is -0.0827. The first-order valence-electron chi connectivity index (χ1n) is 5.13. The predicted molar refractivity (Wildman–Crippen MR) is 64.3 cm³/mol. The van der Waals surface area contributed by atoms with Gasteiger partial charge >= 0.3 is 5.97 Å². The molecule has 0 spiro atoms. The third kappa shape index (κ3) is 2.02. The number of esters is 1. The molecule has 1 saturated heterocycles. The Morgan fingerprint density at radius 2 is 2.35 bits per heavy atom. The molecule has 1 aromatic heterocycles. The first kappa shape index (κ1) is 12.0. The van der Waals surface area contributed by atoms with Crippen molar-refractivity contribution in [2.75, 3.05) is 18.6 Å². The number of aryl methyl sites for hydroxylation is 1. The minimum Gasteiger partial charge on any atom is -0.465 e. The van der Waals surface area contributed by atoms with Crippen molar-refractivity contribution in [3.05, 3.63) is 11.8 Å². The Bertz CT molecular complexity index is 471. The summed E-state index contributed by atoms with van der Waals surface area (Å²) in [5, 5.41) is 3.98. The first-order chi connectivity index (χ1) is 8.04. The summed E-state index contributed by atoms with van der Waals surface area (Å²) in [6.07, 6.45) is 1.77. The highest BCUT2D eigenvalue weighted by Gasteiger charge is 2.33. The zero-order chi connectivity index (χ0) is 12.6. The van der Waals surface area contributed by atoms with Crippen LogP contribution in [0, 0.1) is 0 Å². The normalized spacial score (nSPS) is 19.8. The summed E-state index contributed by atoms with van der Waals surface area (Å²) in [4.78, 5) is 24.9. The molecule has 0 aromatic carbocycles. The number of aromatic nitrogens is 2. The average Bonchev–Trinajstić information content (AvgIpc) is 2.80. The Morgan fingerprint density at radius 3 is 2.88 bits per heavy atom. The van der Waals surface area contributed by atoms with E-state index in [0.29, 0.717) is 24.3 Å². The number of carbonyl (C=O) groups excluding carboxylic acids is 2. The average molecular weight is 255 g/mol. The van der Waals surface area contributed by atoms with Gasteiger partial charge in [-0.2, -0.15) is 17.7 Å². The highest BCUT2D eigenvalue weighted by Crippen LogP contribution is 2.27. The van der Waals surface area contributed by atoms with E-state index < -0.39 is 5.97 Å². The van der Waals surface area contributed by atoms with Gasteiger partial charge in [-0.3, -0.25) is 14.4 Å². The van der Waals surface area contributed by atoms with Gasteiger partial charge in [0.2, 0.25) is 5.91 Å². The van der Waals surface area contributed by atoms with Crippen molar-refractivity contribution in [3.8, 4) is 0 Å². The third-order valence-electron chi connectivity index (χ3n) is 2.67. The second-order valence-corrected chi connectivity index (χ2v) is 4.59. The standard InChI is InChI=1S/C10H13N3O3S/c1-12-9(7(4-11-12)10(15)16-2)13-5-6(17)3-8(13)14/h4,6,17H,3,5H2,1-2H3. The van der Waals surface area contributed by atoms with E-state index in [9.17, 15) is 9.59 Å². The lowest BCUT2D eigenvalue weighted by atomic mass is 10.3. The molecular weight excluding hydrogens is 242 g/mol. The van der Waals surface area contributed by atoms with Crippen molar-refractivity contribution < 1.29 is 14.3 Å². The van der Waals surface area contributed by atoms with Gasteiger partial charge in [-0.25, -0.2) is 4.79 Å². The largest absolute Gasteiger partial charge is 0.465 e. The predicted octanol–water partition coefficient (Wildman–Crippen LogP) is 0.242. The second-order valence-electron chi connectivity index (χ2n) is 3.86. The molecule has 0 saturated carbocycles. The molecule has 1 unspecified atom stereocenters. The number of hydrogen-bond acceptors (Lipinski definition) is 5. The zero-order valence-corrected chi connectivity index (χ0v) is 10.5. The first-order valence-corrected chi connectivity index (χ1v) is 5.65. The fourth-order valence-electron chi connectivity index (χ4n) is 1.90. The molecule has 0 radical (unpaired) electrons. The smallest absolute Gasteiger partial charge is 0.343 e. The molecule has 17 heavy (non-hydrogen) atoms. The van der Waals surface area contributed by atoms with Crippen LogP contribution in [0.1, 0.15) is 16.8 Å². The van der Waals surface area contributed by atoms with Gasteiger partial charge in [0.15, 0.2) is 0 Å². The zero-order valence-electron chi connectivity index (χ0n) is 9.58. The molecule has 0 N–H and O–H groups in total. The van der Waals surface area contributed by atoms with Crippen molar-refractivity contribution >= 4 is 30.3 Å². The van der Waals surface area contributed by atoms with Gasteiger partial charge in [0.25, 0.3) is 0 Å². The van der Waals surface area contributed by atoms with Crippen LogP contribution < -0.4 is 4.90 Å². The van der Waals surface area contributed by atoms with E-state index in [0.717, 1.165) is 0 Å². The Hall–Kier alpha value is -1.50. The summed E-state index contributed by atoms with van der Waals surface area (Å²) in [7, 11) is 2.98. The van der Waals surface area contributed by atoms with E-state index in [1.165, 1.54) is 22.9 Å². The molecule has 0 aliphatic carbocycles. The van der Waals surface area contributed by atoms with Crippen LogP contribution >= 0.6 is 12.6 Å². The number of carbonyl (C=O) groups is 2. The van der Waals surface area contributed by atoms with Crippen molar-refractivity contribution in [2.24, 2.45) is 7.05 Å². The highest BCUT2D eigenvalue weighted by atomic mass is 32.1. The van der Waals surface area contributed by atoms with E-state index in [2.05, 4.69) is 22.5 Å². The molecule has 2 heterocycles. The summed E-state index contributed by atoms with van der Waals surface area (Å²) in [6, 6.07) is 0. The van der Waals surface area contributed by atoms with E-state index in [1.54, 1.807) is 7.05 Å². The second kappa shape index (κ2) is 4.40. The lowest BCUT2D eigenvalue weighted by Gasteiger charge is -2.17. The molecule has 1 atom stereocenters. The Kier molecular flexibility index (Phi) is 3.10. The molecule has 2 rings (SSSR count). The van der Waals surface area contributed by atoms with Gasteiger partial charge in [-0.15, -0.1) is 0 Å². The minimum atomic E-state index is -0.497. The molecule has 1 fully saturated rings. The lowest BCUT2D eigenvalue weighted by molar-refractivity contribution is -0.117.